The summed E-state index contributed by atoms with van der Waals surface area (Å²) in [6, 6.07) is 9.59. The number of nitrogens with zero attached hydrogens (tertiary/aromatic N) is 2. The third kappa shape index (κ3) is 3.46. The van der Waals surface area contributed by atoms with Crippen LogP contribution in [0.5, 0.6) is 0 Å². The SMILES string of the molecule is CC(C)CN(Cc1ccccc1)S(=O)(=O)c1cnc[nH]1. The second-order valence-electron chi connectivity index (χ2n) is 5.09. The lowest BCUT2D eigenvalue weighted by Gasteiger charge is -2.23. The predicted molar refractivity (Wildman–Crippen MR) is 77.5 cm³/mol. The molecule has 0 saturated carbocycles. The number of aromatic nitrogens is 2. The highest BCUT2D eigenvalue weighted by Gasteiger charge is 2.26. The van der Waals surface area contributed by atoms with Gasteiger partial charge in [0.25, 0.3) is 10.0 Å². The van der Waals surface area contributed by atoms with Gasteiger partial charge in [-0.1, -0.05) is 44.2 Å². The van der Waals surface area contributed by atoms with Crippen LogP contribution in [0.2, 0.25) is 0 Å². The molecule has 0 unspecified atom stereocenters. The van der Waals surface area contributed by atoms with Crippen LogP contribution >= 0.6 is 0 Å². The number of benzene rings is 1. The van der Waals surface area contributed by atoms with Gasteiger partial charge in [0.2, 0.25) is 0 Å². The monoisotopic (exact) mass is 293 g/mol. The number of sulfonamides is 1. The van der Waals surface area contributed by atoms with Gasteiger partial charge in [-0.3, -0.25) is 0 Å². The Labute approximate surface area is 119 Å². The van der Waals surface area contributed by atoms with E-state index in [1.54, 1.807) is 0 Å². The minimum absolute atomic E-state index is 0.133. The Hall–Kier alpha value is -1.66. The Bertz CT molecular complexity index is 622. The Morgan fingerprint density at radius 1 is 1.25 bits per heavy atom. The summed E-state index contributed by atoms with van der Waals surface area (Å²) in [5, 5.41) is 0.133. The normalized spacial score (nSPS) is 12.2. The maximum Gasteiger partial charge on any atom is 0.260 e. The molecule has 20 heavy (non-hydrogen) atoms. The summed E-state index contributed by atoms with van der Waals surface area (Å²) < 4.78 is 26.7. The average Bonchev–Trinajstić information content (AvgIpc) is 2.93. The first-order chi connectivity index (χ1) is 9.50. The van der Waals surface area contributed by atoms with Crippen LogP contribution < -0.4 is 0 Å². The number of aromatic amines is 1. The molecule has 1 aromatic heterocycles. The molecule has 1 heterocycles. The lowest BCUT2D eigenvalue weighted by atomic mass is 10.2. The van der Waals surface area contributed by atoms with Crippen LogP contribution in [0.1, 0.15) is 19.4 Å². The van der Waals surface area contributed by atoms with Crippen LogP contribution in [0.15, 0.2) is 47.9 Å². The van der Waals surface area contributed by atoms with E-state index in [1.807, 2.05) is 44.2 Å². The summed E-state index contributed by atoms with van der Waals surface area (Å²) in [5.41, 5.74) is 0.969. The molecule has 108 valence electrons. The van der Waals surface area contributed by atoms with Gasteiger partial charge in [0.15, 0.2) is 5.03 Å². The molecular formula is C14H19N3O2S. The lowest BCUT2D eigenvalue weighted by Crippen LogP contribution is -2.34. The van der Waals surface area contributed by atoms with Gasteiger partial charge in [-0.2, -0.15) is 4.31 Å². The van der Waals surface area contributed by atoms with Crippen LogP contribution in [0, 0.1) is 5.92 Å². The summed E-state index contributed by atoms with van der Waals surface area (Å²) in [6.45, 7) is 4.83. The van der Waals surface area contributed by atoms with Gasteiger partial charge >= 0.3 is 0 Å². The first-order valence-electron chi connectivity index (χ1n) is 6.52. The summed E-state index contributed by atoms with van der Waals surface area (Å²) in [4.78, 5) is 6.47. The van der Waals surface area contributed by atoms with Crippen LogP contribution in [-0.2, 0) is 16.6 Å². The predicted octanol–water partition coefficient (Wildman–Crippen LogP) is 2.26. The molecule has 2 aromatic rings. The van der Waals surface area contributed by atoms with Crippen molar-refractivity contribution in [1.82, 2.24) is 14.3 Å². The molecule has 0 fully saturated rings. The van der Waals surface area contributed by atoms with Gasteiger partial charge in [-0.25, -0.2) is 13.4 Å². The van der Waals surface area contributed by atoms with Crippen molar-refractivity contribution in [3.8, 4) is 0 Å². The Morgan fingerprint density at radius 2 is 1.95 bits per heavy atom. The van der Waals surface area contributed by atoms with E-state index in [4.69, 9.17) is 0 Å². The molecule has 0 amide bonds. The lowest BCUT2D eigenvalue weighted by molar-refractivity contribution is 0.361. The third-order valence-electron chi connectivity index (χ3n) is 2.86. The topological polar surface area (TPSA) is 66.1 Å². The number of imidazole rings is 1. The van der Waals surface area contributed by atoms with E-state index >= 15 is 0 Å². The molecule has 0 bridgehead atoms. The quantitative estimate of drug-likeness (QED) is 0.888. The fraction of sp³-hybridized carbons (Fsp3) is 0.357. The highest BCUT2D eigenvalue weighted by atomic mass is 32.2. The van der Waals surface area contributed by atoms with Crippen molar-refractivity contribution in [3.05, 3.63) is 48.4 Å². The van der Waals surface area contributed by atoms with Crippen LogP contribution in [-0.4, -0.2) is 29.2 Å². The van der Waals surface area contributed by atoms with Crippen molar-refractivity contribution < 1.29 is 8.42 Å². The minimum Gasteiger partial charge on any atom is -0.335 e. The fourth-order valence-electron chi connectivity index (χ4n) is 1.97. The summed E-state index contributed by atoms with van der Waals surface area (Å²) in [6.07, 6.45) is 2.72. The number of H-pyrrole nitrogens is 1. The number of hydrogen-bond donors (Lipinski definition) is 1. The van der Waals surface area contributed by atoms with E-state index in [0.29, 0.717) is 13.1 Å². The number of nitrogens with one attached hydrogen (secondary N) is 1. The van der Waals surface area contributed by atoms with E-state index in [1.165, 1.54) is 16.8 Å². The molecule has 0 atom stereocenters. The van der Waals surface area contributed by atoms with E-state index in [9.17, 15) is 8.42 Å². The Morgan fingerprint density at radius 3 is 2.50 bits per heavy atom. The third-order valence-corrected chi connectivity index (χ3v) is 4.60. The molecular weight excluding hydrogens is 274 g/mol. The van der Waals surface area contributed by atoms with Gasteiger partial charge in [0.05, 0.1) is 12.5 Å². The Kier molecular flexibility index (Phi) is 4.57. The van der Waals surface area contributed by atoms with E-state index in [0.717, 1.165) is 5.56 Å². The second kappa shape index (κ2) is 6.19. The Balaban J connectivity index is 2.28. The second-order valence-corrected chi connectivity index (χ2v) is 7.00. The van der Waals surface area contributed by atoms with E-state index in [-0.39, 0.29) is 10.9 Å². The zero-order chi connectivity index (χ0) is 14.6. The van der Waals surface area contributed by atoms with Crippen molar-refractivity contribution >= 4 is 10.0 Å². The van der Waals surface area contributed by atoms with Crippen molar-refractivity contribution in [2.75, 3.05) is 6.54 Å². The van der Waals surface area contributed by atoms with Crippen LogP contribution in [0.25, 0.3) is 0 Å². The van der Waals surface area contributed by atoms with Crippen molar-refractivity contribution in [1.29, 1.82) is 0 Å². The average molecular weight is 293 g/mol. The summed E-state index contributed by atoms with van der Waals surface area (Å²) >= 11 is 0. The van der Waals surface area contributed by atoms with Gasteiger partial charge < -0.3 is 4.98 Å². The molecule has 0 aliphatic carbocycles. The van der Waals surface area contributed by atoms with Crippen LogP contribution in [0.4, 0.5) is 0 Å². The number of hydrogen-bond acceptors (Lipinski definition) is 3. The molecule has 1 aromatic carbocycles. The maximum absolute atomic E-state index is 12.6. The van der Waals surface area contributed by atoms with Gasteiger partial charge in [-0.15, -0.1) is 0 Å². The van der Waals surface area contributed by atoms with Crippen molar-refractivity contribution in [2.24, 2.45) is 5.92 Å². The first-order valence-corrected chi connectivity index (χ1v) is 7.96. The summed E-state index contributed by atoms with van der Waals surface area (Å²) in [7, 11) is -3.54. The molecule has 0 aliphatic rings. The molecule has 0 radical (unpaired) electrons. The van der Waals surface area contributed by atoms with Gasteiger partial charge in [0, 0.05) is 13.1 Å². The van der Waals surface area contributed by atoms with E-state index in [2.05, 4.69) is 9.97 Å². The molecule has 0 aliphatic heterocycles. The highest BCUT2D eigenvalue weighted by Crippen LogP contribution is 2.17. The molecule has 0 spiro atoms. The first kappa shape index (κ1) is 14.7. The van der Waals surface area contributed by atoms with Gasteiger partial charge in [-0.05, 0) is 11.5 Å². The minimum atomic E-state index is -3.54. The molecule has 1 N–H and O–H groups in total. The largest absolute Gasteiger partial charge is 0.335 e. The summed E-state index contributed by atoms with van der Waals surface area (Å²) in [5.74, 6) is 0.247. The molecule has 2 rings (SSSR count). The molecule has 5 nitrogen and oxygen atoms in total. The van der Waals surface area contributed by atoms with E-state index < -0.39 is 10.0 Å². The number of rotatable bonds is 6. The van der Waals surface area contributed by atoms with Crippen molar-refractivity contribution in [2.45, 2.75) is 25.4 Å². The standard InChI is InChI=1S/C14H19N3O2S/c1-12(2)9-17(10-13-6-4-3-5-7-13)20(18,19)14-8-15-11-16-14/h3-8,11-12H,9-10H2,1-2H3,(H,15,16). The molecule has 0 saturated heterocycles. The van der Waals surface area contributed by atoms with Gasteiger partial charge in [0.1, 0.15) is 0 Å². The highest BCUT2D eigenvalue weighted by molar-refractivity contribution is 7.89. The van der Waals surface area contributed by atoms with Crippen molar-refractivity contribution in [3.63, 3.8) is 0 Å². The zero-order valence-corrected chi connectivity index (χ0v) is 12.5. The molecule has 6 heteroatoms. The smallest absolute Gasteiger partial charge is 0.260 e. The maximum atomic E-state index is 12.6. The van der Waals surface area contributed by atoms with Crippen LogP contribution in [0.3, 0.4) is 0 Å². The zero-order valence-electron chi connectivity index (χ0n) is 11.7. The fourth-order valence-corrected chi connectivity index (χ4v) is 3.45.